The van der Waals surface area contributed by atoms with Crippen LogP contribution in [0.5, 0.6) is 5.75 Å². The molecule has 0 fully saturated rings. The third-order valence-electron chi connectivity index (χ3n) is 3.94. The Balaban J connectivity index is 1.91. The molecular formula is C19H20N4O2. The summed E-state index contributed by atoms with van der Waals surface area (Å²) in [6.07, 6.45) is 5.85. The Kier molecular flexibility index (Phi) is 4.88. The van der Waals surface area contributed by atoms with Gasteiger partial charge in [0.25, 0.3) is 0 Å². The number of carbonyl (C=O) groups excluding carboxylic acids is 1. The number of aldehydes is 1. The fraction of sp³-hybridized carbons (Fsp3) is 0.263. The highest BCUT2D eigenvalue weighted by molar-refractivity contribution is 5.81. The van der Waals surface area contributed by atoms with E-state index in [0.29, 0.717) is 17.0 Å². The molecule has 6 nitrogen and oxygen atoms in total. The first-order valence-corrected chi connectivity index (χ1v) is 8.13. The Hall–Kier alpha value is -3.02. The maximum Gasteiger partial charge on any atom is 0.154 e. The van der Waals surface area contributed by atoms with Crippen molar-refractivity contribution in [3.05, 3.63) is 59.7 Å². The SMILES string of the molecule is Cc1cccc(OCc2nccnc2-c2ccnn2C(C)C)c1C=O. The minimum atomic E-state index is 0.208. The number of aromatic nitrogens is 4. The third-order valence-corrected chi connectivity index (χ3v) is 3.94. The largest absolute Gasteiger partial charge is 0.486 e. The number of rotatable bonds is 6. The number of nitrogens with zero attached hydrogens (tertiary/aromatic N) is 4. The van der Waals surface area contributed by atoms with Gasteiger partial charge in [-0.25, -0.2) is 0 Å². The number of benzene rings is 1. The number of aryl methyl sites for hydroxylation is 1. The second-order valence-corrected chi connectivity index (χ2v) is 6.00. The average Bonchev–Trinajstić information content (AvgIpc) is 3.10. The van der Waals surface area contributed by atoms with Crippen LogP contribution in [0.3, 0.4) is 0 Å². The molecule has 0 spiro atoms. The van der Waals surface area contributed by atoms with Crippen molar-refractivity contribution in [2.24, 2.45) is 0 Å². The van der Waals surface area contributed by atoms with Crippen molar-refractivity contribution >= 4 is 6.29 Å². The van der Waals surface area contributed by atoms with Crippen LogP contribution in [0.4, 0.5) is 0 Å². The van der Waals surface area contributed by atoms with E-state index in [0.717, 1.165) is 23.2 Å². The molecule has 0 radical (unpaired) electrons. The van der Waals surface area contributed by atoms with Crippen LogP contribution in [-0.4, -0.2) is 26.0 Å². The zero-order chi connectivity index (χ0) is 17.8. The molecule has 0 aliphatic rings. The summed E-state index contributed by atoms with van der Waals surface area (Å²) in [4.78, 5) is 20.2. The Labute approximate surface area is 146 Å². The molecule has 6 heteroatoms. The molecule has 0 aliphatic carbocycles. The summed E-state index contributed by atoms with van der Waals surface area (Å²) in [7, 11) is 0. The molecule has 0 bridgehead atoms. The first-order valence-electron chi connectivity index (χ1n) is 8.13. The molecule has 25 heavy (non-hydrogen) atoms. The summed E-state index contributed by atoms with van der Waals surface area (Å²) < 4.78 is 7.77. The second kappa shape index (κ2) is 7.25. The molecule has 0 N–H and O–H groups in total. The predicted molar refractivity (Wildman–Crippen MR) is 94.5 cm³/mol. The minimum absolute atomic E-state index is 0.208. The molecule has 0 saturated heterocycles. The van der Waals surface area contributed by atoms with Crippen molar-refractivity contribution in [2.45, 2.75) is 33.4 Å². The fourth-order valence-electron chi connectivity index (χ4n) is 2.68. The first kappa shape index (κ1) is 16.8. The van der Waals surface area contributed by atoms with Crippen LogP contribution in [0.15, 0.2) is 42.9 Å². The van der Waals surface area contributed by atoms with Crippen LogP contribution in [-0.2, 0) is 6.61 Å². The molecular weight excluding hydrogens is 316 g/mol. The molecule has 128 valence electrons. The number of carbonyl (C=O) groups is 1. The van der Waals surface area contributed by atoms with E-state index in [1.54, 1.807) is 24.7 Å². The lowest BCUT2D eigenvalue weighted by molar-refractivity contribution is 0.111. The highest BCUT2D eigenvalue weighted by Gasteiger charge is 2.15. The maximum atomic E-state index is 11.3. The molecule has 2 aromatic heterocycles. The van der Waals surface area contributed by atoms with Gasteiger partial charge in [0.05, 0.1) is 11.3 Å². The lowest BCUT2D eigenvalue weighted by Crippen LogP contribution is -2.09. The van der Waals surface area contributed by atoms with E-state index in [9.17, 15) is 4.79 Å². The van der Waals surface area contributed by atoms with Crippen LogP contribution in [0.25, 0.3) is 11.4 Å². The Morgan fingerprint density at radius 3 is 2.72 bits per heavy atom. The van der Waals surface area contributed by atoms with E-state index in [2.05, 4.69) is 28.9 Å². The molecule has 0 amide bonds. The van der Waals surface area contributed by atoms with Crippen molar-refractivity contribution in [1.82, 2.24) is 19.7 Å². The van der Waals surface area contributed by atoms with Gasteiger partial charge in [-0.1, -0.05) is 12.1 Å². The van der Waals surface area contributed by atoms with Crippen LogP contribution in [0.2, 0.25) is 0 Å². The van der Waals surface area contributed by atoms with E-state index >= 15 is 0 Å². The second-order valence-electron chi connectivity index (χ2n) is 6.00. The Bertz CT molecular complexity index is 887. The molecule has 0 aliphatic heterocycles. The van der Waals surface area contributed by atoms with Crippen molar-refractivity contribution in [3.8, 4) is 17.1 Å². The van der Waals surface area contributed by atoms with Crippen molar-refractivity contribution in [3.63, 3.8) is 0 Å². The first-order chi connectivity index (χ1) is 12.1. The normalized spacial score (nSPS) is 10.9. The fourth-order valence-corrected chi connectivity index (χ4v) is 2.68. The average molecular weight is 336 g/mol. The minimum Gasteiger partial charge on any atom is -0.486 e. The van der Waals surface area contributed by atoms with Gasteiger partial charge in [-0.3, -0.25) is 19.4 Å². The predicted octanol–water partition coefficient (Wildman–Crippen LogP) is 3.62. The zero-order valence-electron chi connectivity index (χ0n) is 14.5. The Morgan fingerprint density at radius 2 is 1.96 bits per heavy atom. The van der Waals surface area contributed by atoms with Gasteiger partial charge >= 0.3 is 0 Å². The smallest absolute Gasteiger partial charge is 0.154 e. The van der Waals surface area contributed by atoms with Crippen LogP contribution < -0.4 is 4.74 Å². The molecule has 0 unspecified atom stereocenters. The van der Waals surface area contributed by atoms with Gasteiger partial charge < -0.3 is 4.74 Å². The van der Waals surface area contributed by atoms with E-state index in [-0.39, 0.29) is 12.6 Å². The molecule has 2 heterocycles. The van der Waals surface area contributed by atoms with E-state index < -0.39 is 0 Å². The number of hydrogen-bond acceptors (Lipinski definition) is 5. The van der Waals surface area contributed by atoms with Crippen molar-refractivity contribution < 1.29 is 9.53 Å². The lowest BCUT2D eigenvalue weighted by Gasteiger charge is -2.14. The molecule has 0 atom stereocenters. The van der Waals surface area contributed by atoms with Gasteiger partial charge in [-0.05, 0) is 38.5 Å². The standard InChI is InChI=1S/C19H20N4O2/c1-13(2)23-17(7-8-22-23)19-16(20-9-10-21-19)12-25-18-6-4-5-14(3)15(18)11-24/h4-11,13H,12H2,1-3H3. The van der Waals surface area contributed by atoms with Crippen LogP contribution in [0, 0.1) is 6.92 Å². The third kappa shape index (κ3) is 3.42. The summed E-state index contributed by atoms with van der Waals surface area (Å²) >= 11 is 0. The zero-order valence-corrected chi connectivity index (χ0v) is 14.5. The summed E-state index contributed by atoms with van der Waals surface area (Å²) in [5.74, 6) is 0.545. The van der Waals surface area contributed by atoms with Crippen LogP contribution >= 0.6 is 0 Å². The van der Waals surface area contributed by atoms with E-state index in [1.165, 1.54) is 0 Å². The van der Waals surface area contributed by atoms with Gasteiger partial charge in [0.2, 0.25) is 0 Å². The number of ether oxygens (including phenoxy) is 1. The summed E-state index contributed by atoms with van der Waals surface area (Å²) in [5, 5.41) is 4.35. The summed E-state index contributed by atoms with van der Waals surface area (Å²) in [6, 6.07) is 7.65. The Morgan fingerprint density at radius 1 is 1.16 bits per heavy atom. The van der Waals surface area contributed by atoms with E-state index in [1.807, 2.05) is 29.8 Å². The highest BCUT2D eigenvalue weighted by Crippen LogP contribution is 2.25. The van der Waals surface area contributed by atoms with Gasteiger partial charge in [0.15, 0.2) is 6.29 Å². The highest BCUT2D eigenvalue weighted by atomic mass is 16.5. The monoisotopic (exact) mass is 336 g/mol. The van der Waals surface area contributed by atoms with E-state index in [4.69, 9.17) is 4.74 Å². The molecule has 1 aromatic carbocycles. The van der Waals surface area contributed by atoms with Gasteiger partial charge in [-0.2, -0.15) is 5.10 Å². The lowest BCUT2D eigenvalue weighted by atomic mass is 10.1. The van der Waals surface area contributed by atoms with Crippen molar-refractivity contribution in [1.29, 1.82) is 0 Å². The van der Waals surface area contributed by atoms with Crippen LogP contribution in [0.1, 0.15) is 41.5 Å². The van der Waals surface area contributed by atoms with Crippen molar-refractivity contribution in [2.75, 3.05) is 0 Å². The summed E-state index contributed by atoms with van der Waals surface area (Å²) in [6.45, 7) is 6.22. The van der Waals surface area contributed by atoms with Gasteiger partial charge in [0.1, 0.15) is 23.7 Å². The summed E-state index contributed by atoms with van der Waals surface area (Å²) in [5.41, 5.74) is 3.75. The maximum absolute atomic E-state index is 11.3. The molecule has 3 rings (SSSR count). The van der Waals surface area contributed by atoms with Gasteiger partial charge in [-0.15, -0.1) is 0 Å². The topological polar surface area (TPSA) is 69.9 Å². The number of hydrogen-bond donors (Lipinski definition) is 0. The quantitative estimate of drug-likeness (QED) is 0.643. The van der Waals surface area contributed by atoms with Gasteiger partial charge in [0, 0.05) is 24.6 Å². The molecule has 3 aromatic rings. The molecule has 0 saturated carbocycles.